The lowest BCUT2D eigenvalue weighted by molar-refractivity contribution is -0.110. The van der Waals surface area contributed by atoms with Crippen LogP contribution in [0, 0.1) is 11.6 Å². The Labute approximate surface area is 80.2 Å². The third-order valence-corrected chi connectivity index (χ3v) is 1.87. The average Bonchev–Trinajstić information content (AvgIpc) is 2.03. The second-order valence-electron chi connectivity index (χ2n) is 2.59. The molecule has 0 bridgehead atoms. The zero-order chi connectivity index (χ0) is 9.84. The first-order chi connectivity index (χ1) is 6.11. The first-order valence-corrected chi connectivity index (χ1v) is 4.20. The number of carbonyl (C=O) groups excluding carboxylic acids is 1. The van der Waals surface area contributed by atoms with Crippen molar-refractivity contribution in [1.29, 1.82) is 0 Å². The van der Waals surface area contributed by atoms with E-state index in [1.54, 1.807) is 0 Å². The number of carbonyl (C=O) groups is 1. The van der Waals surface area contributed by atoms with Crippen molar-refractivity contribution < 1.29 is 13.6 Å². The zero-order valence-electron chi connectivity index (χ0n) is 6.76. The highest BCUT2D eigenvalue weighted by Crippen LogP contribution is 2.14. The minimum atomic E-state index is -0.616. The summed E-state index contributed by atoms with van der Waals surface area (Å²) in [6, 6.07) is 3.62. The predicted molar refractivity (Wildman–Crippen MR) is 48.7 cm³/mol. The van der Waals surface area contributed by atoms with E-state index in [2.05, 4.69) is 12.6 Å². The lowest BCUT2D eigenvalue weighted by Gasteiger charge is -2.01. The Morgan fingerprint density at radius 1 is 1.31 bits per heavy atom. The van der Waals surface area contributed by atoms with Crippen molar-refractivity contribution in [3.05, 3.63) is 35.4 Å². The van der Waals surface area contributed by atoms with Gasteiger partial charge in [0.1, 0.15) is 11.6 Å². The van der Waals surface area contributed by atoms with Gasteiger partial charge in [-0.3, -0.25) is 4.79 Å². The molecule has 0 radical (unpaired) electrons. The van der Waals surface area contributed by atoms with E-state index < -0.39 is 11.6 Å². The third kappa shape index (κ3) is 2.81. The molecular weight excluding hydrogens is 194 g/mol. The minimum Gasteiger partial charge on any atom is -0.287 e. The van der Waals surface area contributed by atoms with E-state index in [0.29, 0.717) is 0 Å². The lowest BCUT2D eigenvalue weighted by atomic mass is 10.1. The maximum Gasteiger partial charge on any atom is 0.186 e. The molecule has 0 heterocycles. The van der Waals surface area contributed by atoms with Gasteiger partial charge in [0.25, 0.3) is 0 Å². The monoisotopic (exact) mass is 202 g/mol. The van der Waals surface area contributed by atoms with Crippen LogP contribution in [0.5, 0.6) is 0 Å². The molecule has 0 aliphatic rings. The van der Waals surface area contributed by atoms with Gasteiger partial charge < -0.3 is 0 Å². The number of hydrogen-bond donors (Lipinski definition) is 1. The van der Waals surface area contributed by atoms with Crippen LogP contribution < -0.4 is 0 Å². The molecule has 0 aliphatic heterocycles. The molecule has 0 saturated carbocycles. The summed E-state index contributed by atoms with van der Waals surface area (Å²) in [5.74, 6) is -1.23. The van der Waals surface area contributed by atoms with Gasteiger partial charge in [0.2, 0.25) is 0 Å². The number of halogens is 2. The molecule has 70 valence electrons. The van der Waals surface area contributed by atoms with Gasteiger partial charge in [0.15, 0.2) is 5.12 Å². The number of thiol groups is 1. The van der Waals surface area contributed by atoms with Crippen molar-refractivity contribution in [2.24, 2.45) is 0 Å². The van der Waals surface area contributed by atoms with Gasteiger partial charge in [0.05, 0.1) is 0 Å². The smallest absolute Gasteiger partial charge is 0.186 e. The molecule has 0 aliphatic carbocycles. The molecule has 4 heteroatoms. The summed E-state index contributed by atoms with van der Waals surface area (Å²) in [6.07, 6.45) is 0.0990. The normalized spacial score (nSPS) is 10.1. The standard InChI is InChI=1S/C9H8F2OS/c10-7-2-1-3-8(11)6(7)4-5-9(12)13/h1-3H,4-5H2,(H,12,13). The van der Waals surface area contributed by atoms with Crippen LogP contribution in [-0.4, -0.2) is 5.12 Å². The first kappa shape index (κ1) is 10.2. The van der Waals surface area contributed by atoms with Gasteiger partial charge >= 0.3 is 0 Å². The number of hydrogen-bond acceptors (Lipinski definition) is 1. The van der Waals surface area contributed by atoms with Crippen LogP contribution in [0.2, 0.25) is 0 Å². The van der Waals surface area contributed by atoms with Gasteiger partial charge in [-0.15, -0.1) is 12.6 Å². The third-order valence-electron chi connectivity index (χ3n) is 1.65. The summed E-state index contributed by atoms with van der Waals surface area (Å²) >= 11 is 3.51. The number of rotatable bonds is 3. The van der Waals surface area contributed by atoms with E-state index in [-0.39, 0.29) is 23.5 Å². The van der Waals surface area contributed by atoms with Crippen molar-refractivity contribution in [2.75, 3.05) is 0 Å². The highest BCUT2D eigenvalue weighted by atomic mass is 32.1. The lowest BCUT2D eigenvalue weighted by Crippen LogP contribution is -1.98. The van der Waals surface area contributed by atoms with E-state index in [0.717, 1.165) is 0 Å². The van der Waals surface area contributed by atoms with Crippen LogP contribution in [0.4, 0.5) is 8.78 Å². The molecule has 0 N–H and O–H groups in total. The maximum absolute atomic E-state index is 12.9. The van der Waals surface area contributed by atoms with E-state index >= 15 is 0 Å². The average molecular weight is 202 g/mol. The Balaban J connectivity index is 2.81. The van der Waals surface area contributed by atoms with Crippen molar-refractivity contribution >= 4 is 17.7 Å². The highest BCUT2D eigenvalue weighted by Gasteiger charge is 2.08. The Kier molecular flexibility index (Phi) is 3.42. The fourth-order valence-corrected chi connectivity index (χ4v) is 1.11. The molecule has 1 rings (SSSR count). The van der Waals surface area contributed by atoms with Gasteiger partial charge in [0, 0.05) is 12.0 Å². The number of benzene rings is 1. The minimum absolute atomic E-state index is 0.0426. The summed E-state index contributed by atoms with van der Waals surface area (Å²) in [5, 5.41) is -0.373. The van der Waals surface area contributed by atoms with E-state index in [1.807, 2.05) is 0 Å². The van der Waals surface area contributed by atoms with E-state index in [9.17, 15) is 13.6 Å². The Bertz CT molecular complexity index is 305. The van der Waals surface area contributed by atoms with E-state index in [1.165, 1.54) is 18.2 Å². The predicted octanol–water partition coefficient (Wildman–Crippen LogP) is 2.35. The Hall–Kier alpha value is -0.900. The van der Waals surface area contributed by atoms with Crippen LogP contribution >= 0.6 is 12.6 Å². The van der Waals surface area contributed by atoms with E-state index in [4.69, 9.17) is 0 Å². The van der Waals surface area contributed by atoms with Crippen LogP contribution in [-0.2, 0) is 11.2 Å². The summed E-state index contributed by atoms with van der Waals surface area (Å²) in [5.41, 5.74) is -0.0510. The molecule has 0 spiro atoms. The molecule has 0 atom stereocenters. The van der Waals surface area contributed by atoms with Crippen LogP contribution in [0.1, 0.15) is 12.0 Å². The fourth-order valence-electron chi connectivity index (χ4n) is 1.00. The molecule has 0 saturated heterocycles. The quantitative estimate of drug-likeness (QED) is 0.744. The van der Waals surface area contributed by atoms with Crippen molar-refractivity contribution in [3.8, 4) is 0 Å². The van der Waals surface area contributed by atoms with Gasteiger partial charge in [-0.25, -0.2) is 8.78 Å². The molecule has 1 aromatic carbocycles. The molecule has 1 aromatic rings. The molecular formula is C9H8F2OS. The van der Waals surface area contributed by atoms with Crippen LogP contribution in [0.15, 0.2) is 18.2 Å². The molecule has 0 amide bonds. The molecule has 0 aromatic heterocycles. The molecule has 0 fully saturated rings. The summed E-state index contributed by atoms with van der Waals surface area (Å²) in [7, 11) is 0. The SMILES string of the molecule is O=C(S)CCc1c(F)cccc1F. The second kappa shape index (κ2) is 4.37. The Morgan fingerprint density at radius 3 is 2.31 bits per heavy atom. The van der Waals surface area contributed by atoms with Gasteiger partial charge in [-0.2, -0.15) is 0 Å². The zero-order valence-corrected chi connectivity index (χ0v) is 7.65. The summed E-state index contributed by atoms with van der Waals surface area (Å²) < 4.78 is 25.8. The van der Waals surface area contributed by atoms with Crippen molar-refractivity contribution in [1.82, 2.24) is 0 Å². The summed E-state index contributed by atoms with van der Waals surface area (Å²) in [4.78, 5) is 10.5. The summed E-state index contributed by atoms with van der Waals surface area (Å²) in [6.45, 7) is 0. The molecule has 13 heavy (non-hydrogen) atoms. The Morgan fingerprint density at radius 2 is 1.85 bits per heavy atom. The first-order valence-electron chi connectivity index (χ1n) is 3.76. The van der Waals surface area contributed by atoms with Crippen LogP contribution in [0.25, 0.3) is 0 Å². The topological polar surface area (TPSA) is 17.1 Å². The second-order valence-corrected chi connectivity index (χ2v) is 3.09. The highest BCUT2D eigenvalue weighted by molar-refractivity contribution is 7.96. The largest absolute Gasteiger partial charge is 0.287 e. The maximum atomic E-state index is 12.9. The van der Waals surface area contributed by atoms with Gasteiger partial charge in [-0.05, 0) is 18.6 Å². The molecule has 0 unspecified atom stereocenters. The van der Waals surface area contributed by atoms with Crippen molar-refractivity contribution in [2.45, 2.75) is 12.8 Å². The van der Waals surface area contributed by atoms with Gasteiger partial charge in [-0.1, -0.05) is 6.07 Å². The fraction of sp³-hybridized carbons (Fsp3) is 0.222. The van der Waals surface area contributed by atoms with Crippen LogP contribution in [0.3, 0.4) is 0 Å². The molecule has 1 nitrogen and oxygen atoms in total. The van der Waals surface area contributed by atoms with Crippen molar-refractivity contribution in [3.63, 3.8) is 0 Å².